The molecule has 2 atom stereocenters. The van der Waals surface area contributed by atoms with Crippen LogP contribution in [-0.4, -0.2) is 52.7 Å². The van der Waals surface area contributed by atoms with Crippen molar-refractivity contribution < 1.29 is 5.11 Å². The second-order valence-electron chi connectivity index (χ2n) is 10.7. The third kappa shape index (κ3) is 3.87. The number of rotatable bonds is 5. The van der Waals surface area contributed by atoms with Crippen molar-refractivity contribution in [1.82, 2.24) is 29.4 Å². The number of benzene rings is 1. The summed E-state index contributed by atoms with van der Waals surface area (Å²) in [6.45, 7) is 7.09. The fourth-order valence-corrected chi connectivity index (χ4v) is 5.17. The van der Waals surface area contributed by atoms with Crippen molar-refractivity contribution in [1.29, 1.82) is 0 Å². The molecule has 178 valence electrons. The predicted molar refractivity (Wildman–Crippen MR) is 132 cm³/mol. The van der Waals surface area contributed by atoms with E-state index < -0.39 is 5.60 Å². The Morgan fingerprint density at radius 1 is 1.12 bits per heavy atom. The minimum Gasteiger partial charge on any atom is -0.389 e. The first-order chi connectivity index (χ1) is 16.2. The first-order valence-corrected chi connectivity index (χ1v) is 12.2. The first kappa shape index (κ1) is 21.3. The Hall–Kier alpha value is -3.20. The van der Waals surface area contributed by atoms with E-state index in [1.54, 1.807) is 18.4 Å². The van der Waals surface area contributed by atoms with Crippen molar-refractivity contribution in [3.8, 4) is 0 Å². The minimum absolute atomic E-state index is 0.189. The zero-order valence-electron chi connectivity index (χ0n) is 20.0. The molecular formula is C25H32N8O. The summed E-state index contributed by atoms with van der Waals surface area (Å²) in [6, 6.07) is 6.87. The molecule has 0 bridgehead atoms. The molecule has 1 aliphatic heterocycles. The van der Waals surface area contributed by atoms with Crippen molar-refractivity contribution in [2.75, 3.05) is 17.2 Å². The molecule has 9 heteroatoms. The van der Waals surface area contributed by atoms with Gasteiger partial charge in [0, 0.05) is 30.1 Å². The van der Waals surface area contributed by atoms with Gasteiger partial charge in [-0.1, -0.05) is 6.07 Å². The van der Waals surface area contributed by atoms with Gasteiger partial charge in [-0.3, -0.25) is 4.68 Å². The fourth-order valence-electron chi connectivity index (χ4n) is 5.17. The predicted octanol–water partition coefficient (Wildman–Crippen LogP) is 3.48. The van der Waals surface area contributed by atoms with Crippen LogP contribution in [-0.2, 0) is 6.54 Å². The highest BCUT2D eigenvalue weighted by molar-refractivity contribution is 5.92. The number of aliphatic hydroxyl groups is 1. The van der Waals surface area contributed by atoms with E-state index in [0.717, 1.165) is 47.4 Å². The Bertz CT molecular complexity index is 1360. The normalized spacial score (nSPS) is 21.6. The molecule has 0 unspecified atom stereocenters. The van der Waals surface area contributed by atoms with Crippen molar-refractivity contribution in [2.45, 2.75) is 76.5 Å². The first-order valence-electron chi connectivity index (χ1n) is 12.2. The molecule has 0 radical (unpaired) electrons. The molecule has 2 fully saturated rings. The Morgan fingerprint density at radius 3 is 2.68 bits per heavy atom. The summed E-state index contributed by atoms with van der Waals surface area (Å²) >= 11 is 0. The summed E-state index contributed by atoms with van der Waals surface area (Å²) in [4.78, 5) is 12.0. The maximum Gasteiger partial charge on any atom is 0.223 e. The molecule has 4 heterocycles. The topological polar surface area (TPSA) is 110 Å². The van der Waals surface area contributed by atoms with Gasteiger partial charge in [0.15, 0.2) is 11.5 Å². The summed E-state index contributed by atoms with van der Waals surface area (Å²) in [5, 5.41) is 20.4. The Morgan fingerprint density at radius 2 is 1.91 bits per heavy atom. The van der Waals surface area contributed by atoms with Crippen molar-refractivity contribution in [3.63, 3.8) is 0 Å². The van der Waals surface area contributed by atoms with Crippen LogP contribution in [0.15, 0.2) is 30.6 Å². The summed E-state index contributed by atoms with van der Waals surface area (Å²) in [5.74, 6) is 2.05. The molecule has 3 N–H and O–H groups in total. The SMILES string of the molecule is C[C@H]1CC[C@@H](c2nc3c4ccc(C5CC5)cc4nc(N)n3n2)CN1c1cnn(CC(C)(C)O)c1. The highest BCUT2D eigenvalue weighted by atomic mass is 16.3. The van der Waals surface area contributed by atoms with Crippen LogP contribution in [0.1, 0.15) is 69.7 Å². The number of anilines is 2. The molecule has 9 nitrogen and oxygen atoms in total. The van der Waals surface area contributed by atoms with Gasteiger partial charge in [-0.15, -0.1) is 5.10 Å². The number of hydrogen-bond acceptors (Lipinski definition) is 7. The molecule has 2 aliphatic rings. The number of nitrogens with two attached hydrogens (primary N) is 1. The van der Waals surface area contributed by atoms with Gasteiger partial charge in [-0.2, -0.15) is 9.61 Å². The van der Waals surface area contributed by atoms with Gasteiger partial charge in [0.1, 0.15) is 0 Å². The second-order valence-corrected chi connectivity index (χ2v) is 10.7. The van der Waals surface area contributed by atoms with Crippen LogP contribution in [0, 0.1) is 0 Å². The smallest absolute Gasteiger partial charge is 0.223 e. The standard InChI is InChI=1S/C25H32N8O/c1-15-4-5-18(12-32(15)19-11-27-31(13-19)14-25(2,3)34)22-29-23-20-9-8-17(16-6-7-16)10-21(20)28-24(26)33(23)30-22/h8-11,13,15-16,18,34H,4-7,12,14H2,1-3H3,(H2,26,28)/t15-,18+/m0/s1. The fraction of sp³-hybridized carbons (Fsp3) is 0.520. The molecule has 6 rings (SSSR count). The van der Waals surface area contributed by atoms with Crippen LogP contribution in [0.25, 0.3) is 16.6 Å². The van der Waals surface area contributed by atoms with Gasteiger partial charge >= 0.3 is 0 Å². The van der Waals surface area contributed by atoms with Crippen LogP contribution in [0.5, 0.6) is 0 Å². The lowest BCUT2D eigenvalue weighted by Crippen LogP contribution is -2.41. The molecule has 4 aromatic rings. The van der Waals surface area contributed by atoms with Crippen LogP contribution in [0.2, 0.25) is 0 Å². The van der Waals surface area contributed by atoms with Crippen LogP contribution in [0.4, 0.5) is 11.6 Å². The number of aromatic nitrogens is 6. The maximum atomic E-state index is 10.1. The van der Waals surface area contributed by atoms with E-state index in [2.05, 4.69) is 40.1 Å². The van der Waals surface area contributed by atoms with Gasteiger partial charge in [0.05, 0.1) is 29.5 Å². The zero-order chi connectivity index (χ0) is 23.6. The highest BCUT2D eigenvalue weighted by Gasteiger charge is 2.31. The summed E-state index contributed by atoms with van der Waals surface area (Å²) in [7, 11) is 0. The van der Waals surface area contributed by atoms with Crippen molar-refractivity contribution in [3.05, 3.63) is 42.0 Å². The van der Waals surface area contributed by atoms with Crippen LogP contribution in [0.3, 0.4) is 0 Å². The molecule has 1 saturated heterocycles. The largest absolute Gasteiger partial charge is 0.389 e. The molecule has 1 aliphatic carbocycles. The van der Waals surface area contributed by atoms with E-state index in [4.69, 9.17) is 15.8 Å². The van der Waals surface area contributed by atoms with Crippen LogP contribution < -0.4 is 10.6 Å². The lowest BCUT2D eigenvalue weighted by molar-refractivity contribution is 0.0577. The van der Waals surface area contributed by atoms with E-state index >= 15 is 0 Å². The molecule has 34 heavy (non-hydrogen) atoms. The number of hydrogen-bond donors (Lipinski definition) is 2. The molecule has 3 aromatic heterocycles. The van der Waals surface area contributed by atoms with E-state index in [0.29, 0.717) is 24.5 Å². The quantitative estimate of drug-likeness (QED) is 0.469. The van der Waals surface area contributed by atoms with Crippen molar-refractivity contribution in [2.24, 2.45) is 0 Å². The van der Waals surface area contributed by atoms with Gasteiger partial charge in [0.2, 0.25) is 5.95 Å². The minimum atomic E-state index is -0.810. The molecule has 0 spiro atoms. The molecule has 1 aromatic carbocycles. The Kier molecular flexibility index (Phi) is 4.81. The van der Waals surface area contributed by atoms with Gasteiger partial charge < -0.3 is 15.7 Å². The Labute approximate surface area is 198 Å². The van der Waals surface area contributed by atoms with Crippen LogP contribution >= 0.6 is 0 Å². The maximum absolute atomic E-state index is 10.1. The van der Waals surface area contributed by atoms with Crippen molar-refractivity contribution >= 4 is 28.2 Å². The third-order valence-corrected chi connectivity index (χ3v) is 7.13. The van der Waals surface area contributed by atoms with Gasteiger partial charge in [-0.25, -0.2) is 9.97 Å². The van der Waals surface area contributed by atoms with E-state index in [1.165, 1.54) is 18.4 Å². The third-order valence-electron chi connectivity index (χ3n) is 7.13. The number of nitrogen functional groups attached to an aromatic ring is 1. The second kappa shape index (κ2) is 7.66. The summed E-state index contributed by atoms with van der Waals surface area (Å²) < 4.78 is 3.50. The van der Waals surface area contributed by atoms with E-state index in [1.807, 2.05) is 17.1 Å². The lowest BCUT2D eigenvalue weighted by atomic mass is 9.92. The Balaban J connectivity index is 1.31. The summed E-state index contributed by atoms with van der Waals surface area (Å²) in [6.07, 6.45) is 8.46. The highest BCUT2D eigenvalue weighted by Crippen LogP contribution is 2.41. The monoisotopic (exact) mass is 460 g/mol. The lowest BCUT2D eigenvalue weighted by Gasteiger charge is -2.37. The average molecular weight is 461 g/mol. The average Bonchev–Trinajstić information content (AvgIpc) is 3.37. The molecule has 0 amide bonds. The molecule has 1 saturated carbocycles. The summed E-state index contributed by atoms with van der Waals surface area (Å²) in [5.41, 5.74) is 9.57. The number of nitrogens with zero attached hydrogens (tertiary/aromatic N) is 7. The van der Waals surface area contributed by atoms with Gasteiger partial charge in [0.25, 0.3) is 0 Å². The van der Waals surface area contributed by atoms with E-state index in [9.17, 15) is 5.11 Å². The van der Waals surface area contributed by atoms with Gasteiger partial charge in [-0.05, 0) is 70.1 Å². The molecular weight excluding hydrogens is 428 g/mol. The van der Waals surface area contributed by atoms with E-state index in [-0.39, 0.29) is 5.92 Å². The zero-order valence-corrected chi connectivity index (χ0v) is 20.0. The number of piperidine rings is 1. The number of fused-ring (bicyclic) bond motifs is 3.